The molecule has 2 rings (SSSR count). The van der Waals surface area contributed by atoms with Gasteiger partial charge in [0.2, 0.25) is 5.91 Å². The Bertz CT molecular complexity index is 435. The van der Waals surface area contributed by atoms with Crippen LogP contribution in [0.4, 0.5) is 0 Å². The predicted molar refractivity (Wildman–Crippen MR) is 86.6 cm³/mol. The minimum atomic E-state index is 0.0899. The highest BCUT2D eigenvalue weighted by Gasteiger charge is 2.20. The van der Waals surface area contributed by atoms with Crippen molar-refractivity contribution in [2.24, 2.45) is 0 Å². The SMILES string of the molecule is CCCOC1CCCN(C(=O)COCc2ccccc2)CC1. The van der Waals surface area contributed by atoms with Crippen LogP contribution >= 0.6 is 0 Å². The van der Waals surface area contributed by atoms with Gasteiger partial charge in [0.05, 0.1) is 12.7 Å². The molecule has 1 heterocycles. The van der Waals surface area contributed by atoms with E-state index in [1.54, 1.807) is 0 Å². The van der Waals surface area contributed by atoms with Crippen molar-refractivity contribution in [3.05, 3.63) is 35.9 Å². The van der Waals surface area contributed by atoms with E-state index in [9.17, 15) is 4.79 Å². The maximum absolute atomic E-state index is 12.2. The molecule has 1 aromatic carbocycles. The lowest BCUT2D eigenvalue weighted by atomic mass is 10.2. The van der Waals surface area contributed by atoms with E-state index in [1.165, 1.54) is 0 Å². The molecular weight excluding hydrogens is 278 g/mol. The van der Waals surface area contributed by atoms with Crippen LogP contribution < -0.4 is 0 Å². The minimum absolute atomic E-state index is 0.0899. The van der Waals surface area contributed by atoms with E-state index in [2.05, 4.69) is 6.92 Å². The molecule has 122 valence electrons. The van der Waals surface area contributed by atoms with Crippen molar-refractivity contribution in [2.75, 3.05) is 26.3 Å². The summed E-state index contributed by atoms with van der Waals surface area (Å²) in [5.74, 6) is 0.0899. The highest BCUT2D eigenvalue weighted by molar-refractivity contribution is 5.77. The second-order valence-corrected chi connectivity index (χ2v) is 5.78. The first kappa shape index (κ1) is 17.0. The van der Waals surface area contributed by atoms with Gasteiger partial charge >= 0.3 is 0 Å². The Balaban J connectivity index is 1.69. The van der Waals surface area contributed by atoms with E-state index in [-0.39, 0.29) is 12.5 Å². The molecule has 0 radical (unpaired) electrons. The Hall–Kier alpha value is -1.39. The Morgan fingerprint density at radius 2 is 2.05 bits per heavy atom. The van der Waals surface area contributed by atoms with Crippen LogP contribution in [0.15, 0.2) is 30.3 Å². The average Bonchev–Trinajstić information content (AvgIpc) is 2.79. The van der Waals surface area contributed by atoms with Gasteiger partial charge in [-0.25, -0.2) is 0 Å². The smallest absolute Gasteiger partial charge is 0.248 e. The van der Waals surface area contributed by atoms with Crippen molar-refractivity contribution in [1.29, 1.82) is 0 Å². The quantitative estimate of drug-likeness (QED) is 0.777. The zero-order chi connectivity index (χ0) is 15.6. The van der Waals surface area contributed by atoms with Crippen LogP contribution in [0.1, 0.15) is 38.2 Å². The molecule has 1 amide bonds. The number of hydrogen-bond donors (Lipinski definition) is 0. The fourth-order valence-corrected chi connectivity index (χ4v) is 2.69. The molecule has 0 N–H and O–H groups in total. The Kier molecular flexibility index (Phi) is 7.40. The normalized spacial score (nSPS) is 19.0. The molecular formula is C18H27NO3. The first-order valence-electron chi connectivity index (χ1n) is 8.30. The number of carbonyl (C=O) groups excluding carboxylic acids is 1. The van der Waals surface area contributed by atoms with Crippen molar-refractivity contribution in [3.63, 3.8) is 0 Å². The molecule has 1 atom stereocenters. The summed E-state index contributed by atoms with van der Waals surface area (Å²) in [4.78, 5) is 14.1. The largest absolute Gasteiger partial charge is 0.378 e. The molecule has 0 aliphatic carbocycles. The van der Waals surface area contributed by atoms with E-state index < -0.39 is 0 Å². The van der Waals surface area contributed by atoms with Crippen LogP contribution in [0.25, 0.3) is 0 Å². The van der Waals surface area contributed by atoms with Crippen LogP contribution in [0.5, 0.6) is 0 Å². The maximum atomic E-state index is 12.2. The zero-order valence-corrected chi connectivity index (χ0v) is 13.5. The Morgan fingerprint density at radius 1 is 1.23 bits per heavy atom. The van der Waals surface area contributed by atoms with Crippen molar-refractivity contribution < 1.29 is 14.3 Å². The van der Waals surface area contributed by atoms with Crippen molar-refractivity contribution >= 4 is 5.91 Å². The molecule has 1 aliphatic heterocycles. The van der Waals surface area contributed by atoms with Crippen LogP contribution in [0, 0.1) is 0 Å². The van der Waals surface area contributed by atoms with Gasteiger partial charge in [-0.2, -0.15) is 0 Å². The van der Waals surface area contributed by atoms with Crippen molar-refractivity contribution in [2.45, 2.75) is 45.3 Å². The molecule has 1 saturated heterocycles. The maximum Gasteiger partial charge on any atom is 0.248 e. The van der Waals surface area contributed by atoms with E-state index in [4.69, 9.17) is 9.47 Å². The molecule has 0 spiro atoms. The van der Waals surface area contributed by atoms with E-state index >= 15 is 0 Å². The van der Waals surface area contributed by atoms with Crippen LogP contribution in [-0.2, 0) is 20.9 Å². The lowest BCUT2D eigenvalue weighted by Crippen LogP contribution is -2.35. The summed E-state index contributed by atoms with van der Waals surface area (Å²) in [6.07, 6.45) is 4.35. The molecule has 0 bridgehead atoms. The summed E-state index contributed by atoms with van der Waals surface area (Å²) in [7, 11) is 0. The van der Waals surface area contributed by atoms with E-state index in [0.717, 1.165) is 50.9 Å². The molecule has 1 aromatic rings. The third-order valence-corrected chi connectivity index (χ3v) is 3.92. The van der Waals surface area contributed by atoms with Crippen LogP contribution in [-0.4, -0.2) is 43.2 Å². The van der Waals surface area contributed by atoms with Gasteiger partial charge in [-0.3, -0.25) is 4.79 Å². The van der Waals surface area contributed by atoms with Gasteiger partial charge in [0.15, 0.2) is 0 Å². The topological polar surface area (TPSA) is 38.8 Å². The van der Waals surface area contributed by atoms with Gasteiger partial charge in [-0.05, 0) is 31.2 Å². The summed E-state index contributed by atoms with van der Waals surface area (Å²) >= 11 is 0. The number of amides is 1. The van der Waals surface area contributed by atoms with Gasteiger partial charge in [-0.1, -0.05) is 37.3 Å². The number of carbonyl (C=O) groups is 1. The summed E-state index contributed by atoms with van der Waals surface area (Å²) < 4.78 is 11.4. The summed E-state index contributed by atoms with van der Waals surface area (Å²) in [5, 5.41) is 0. The molecule has 1 aliphatic rings. The number of likely N-dealkylation sites (tertiary alicyclic amines) is 1. The lowest BCUT2D eigenvalue weighted by Gasteiger charge is -2.20. The van der Waals surface area contributed by atoms with Gasteiger partial charge < -0.3 is 14.4 Å². The molecule has 0 saturated carbocycles. The third-order valence-electron chi connectivity index (χ3n) is 3.92. The van der Waals surface area contributed by atoms with Crippen LogP contribution in [0.2, 0.25) is 0 Å². The zero-order valence-electron chi connectivity index (χ0n) is 13.5. The van der Waals surface area contributed by atoms with Crippen molar-refractivity contribution in [3.8, 4) is 0 Å². The lowest BCUT2D eigenvalue weighted by molar-refractivity contribution is -0.136. The number of ether oxygens (including phenoxy) is 2. The molecule has 1 unspecified atom stereocenters. The standard InChI is InChI=1S/C18H27NO3/c1-2-13-22-17-9-6-11-19(12-10-17)18(20)15-21-14-16-7-4-3-5-8-16/h3-5,7-8,17H,2,6,9-15H2,1H3. The summed E-state index contributed by atoms with van der Waals surface area (Å²) in [5.41, 5.74) is 1.10. The molecule has 0 aromatic heterocycles. The van der Waals surface area contributed by atoms with E-state index in [0.29, 0.717) is 12.7 Å². The highest BCUT2D eigenvalue weighted by atomic mass is 16.5. The fraction of sp³-hybridized carbons (Fsp3) is 0.611. The van der Waals surface area contributed by atoms with Gasteiger partial charge in [0, 0.05) is 19.7 Å². The molecule has 22 heavy (non-hydrogen) atoms. The van der Waals surface area contributed by atoms with E-state index in [1.807, 2.05) is 35.2 Å². The number of benzene rings is 1. The van der Waals surface area contributed by atoms with Gasteiger partial charge in [0.25, 0.3) is 0 Å². The van der Waals surface area contributed by atoms with Gasteiger partial charge in [-0.15, -0.1) is 0 Å². The summed E-state index contributed by atoms with van der Waals surface area (Å²) in [6, 6.07) is 9.94. The number of hydrogen-bond acceptors (Lipinski definition) is 3. The highest BCUT2D eigenvalue weighted by Crippen LogP contribution is 2.15. The number of nitrogens with zero attached hydrogens (tertiary/aromatic N) is 1. The Labute approximate surface area is 133 Å². The average molecular weight is 305 g/mol. The van der Waals surface area contributed by atoms with Gasteiger partial charge in [0.1, 0.15) is 6.61 Å². The predicted octanol–water partition coefficient (Wildman–Crippen LogP) is 3.01. The number of rotatable bonds is 7. The second-order valence-electron chi connectivity index (χ2n) is 5.78. The monoisotopic (exact) mass is 305 g/mol. The first-order valence-corrected chi connectivity index (χ1v) is 8.30. The minimum Gasteiger partial charge on any atom is -0.378 e. The third kappa shape index (κ3) is 5.78. The molecule has 4 heteroatoms. The summed E-state index contributed by atoms with van der Waals surface area (Å²) in [6.45, 7) is 5.19. The Morgan fingerprint density at radius 3 is 2.82 bits per heavy atom. The van der Waals surface area contributed by atoms with Crippen molar-refractivity contribution in [1.82, 2.24) is 4.90 Å². The molecule has 1 fully saturated rings. The second kappa shape index (κ2) is 9.59. The molecule has 4 nitrogen and oxygen atoms in total. The fourth-order valence-electron chi connectivity index (χ4n) is 2.69. The first-order chi connectivity index (χ1) is 10.8. The van der Waals surface area contributed by atoms with Crippen LogP contribution in [0.3, 0.4) is 0 Å².